The standard InChI is InChI=1S/C15H22N2O2/c1-3-16-14-10-11(2)4-5-13(14)15(18)17-12-6-8-19-9-7-12/h4-5,10,12,16H,3,6-9H2,1-2H3,(H,17,18). The first-order valence-electron chi connectivity index (χ1n) is 6.94. The van der Waals surface area contributed by atoms with Crippen LogP contribution in [0.2, 0.25) is 0 Å². The van der Waals surface area contributed by atoms with Crippen molar-refractivity contribution < 1.29 is 9.53 Å². The van der Waals surface area contributed by atoms with Gasteiger partial charge >= 0.3 is 0 Å². The lowest BCUT2D eigenvalue weighted by molar-refractivity contribution is 0.0697. The van der Waals surface area contributed by atoms with Gasteiger partial charge in [-0.2, -0.15) is 0 Å². The smallest absolute Gasteiger partial charge is 0.253 e. The van der Waals surface area contributed by atoms with Crippen molar-refractivity contribution in [1.82, 2.24) is 5.32 Å². The van der Waals surface area contributed by atoms with E-state index in [0.717, 1.165) is 49.4 Å². The molecular weight excluding hydrogens is 240 g/mol. The van der Waals surface area contributed by atoms with Crippen molar-refractivity contribution in [2.75, 3.05) is 25.1 Å². The summed E-state index contributed by atoms with van der Waals surface area (Å²) in [4.78, 5) is 12.3. The third-order valence-electron chi connectivity index (χ3n) is 3.34. The predicted molar refractivity (Wildman–Crippen MR) is 76.6 cm³/mol. The molecule has 19 heavy (non-hydrogen) atoms. The third-order valence-corrected chi connectivity index (χ3v) is 3.34. The molecule has 0 bridgehead atoms. The van der Waals surface area contributed by atoms with E-state index in [1.165, 1.54) is 0 Å². The molecule has 0 aliphatic carbocycles. The van der Waals surface area contributed by atoms with Crippen LogP contribution in [0.5, 0.6) is 0 Å². The van der Waals surface area contributed by atoms with Gasteiger partial charge < -0.3 is 15.4 Å². The number of hydrogen-bond donors (Lipinski definition) is 2. The molecule has 1 amide bonds. The zero-order valence-corrected chi connectivity index (χ0v) is 11.7. The van der Waals surface area contributed by atoms with Crippen LogP contribution in [0.25, 0.3) is 0 Å². The van der Waals surface area contributed by atoms with E-state index in [1.807, 2.05) is 32.0 Å². The minimum Gasteiger partial charge on any atom is -0.385 e. The number of amides is 1. The van der Waals surface area contributed by atoms with Crippen molar-refractivity contribution in [1.29, 1.82) is 0 Å². The molecular formula is C15H22N2O2. The summed E-state index contributed by atoms with van der Waals surface area (Å²) >= 11 is 0. The molecule has 0 spiro atoms. The molecule has 0 radical (unpaired) electrons. The molecule has 0 saturated carbocycles. The highest BCUT2D eigenvalue weighted by molar-refractivity contribution is 5.99. The largest absolute Gasteiger partial charge is 0.385 e. The van der Waals surface area contributed by atoms with E-state index >= 15 is 0 Å². The number of nitrogens with one attached hydrogen (secondary N) is 2. The van der Waals surface area contributed by atoms with E-state index in [-0.39, 0.29) is 11.9 Å². The average molecular weight is 262 g/mol. The van der Waals surface area contributed by atoms with Gasteiger partial charge in [0.25, 0.3) is 5.91 Å². The van der Waals surface area contributed by atoms with Crippen molar-refractivity contribution in [3.05, 3.63) is 29.3 Å². The van der Waals surface area contributed by atoms with Crippen molar-refractivity contribution >= 4 is 11.6 Å². The van der Waals surface area contributed by atoms with E-state index < -0.39 is 0 Å². The minimum atomic E-state index is 0.00264. The number of rotatable bonds is 4. The lowest BCUT2D eigenvalue weighted by atomic mass is 10.1. The summed E-state index contributed by atoms with van der Waals surface area (Å²) < 4.78 is 5.30. The quantitative estimate of drug-likeness (QED) is 0.875. The molecule has 0 atom stereocenters. The second-order valence-electron chi connectivity index (χ2n) is 4.94. The first kappa shape index (κ1) is 13.9. The molecule has 1 aliphatic heterocycles. The summed E-state index contributed by atoms with van der Waals surface area (Å²) in [7, 11) is 0. The maximum absolute atomic E-state index is 12.3. The van der Waals surface area contributed by atoms with Gasteiger partial charge in [-0.3, -0.25) is 4.79 Å². The van der Waals surface area contributed by atoms with Crippen LogP contribution in [0.15, 0.2) is 18.2 Å². The molecule has 1 aliphatic rings. The van der Waals surface area contributed by atoms with E-state index in [4.69, 9.17) is 4.74 Å². The van der Waals surface area contributed by atoms with E-state index in [1.54, 1.807) is 0 Å². The van der Waals surface area contributed by atoms with E-state index in [0.29, 0.717) is 0 Å². The fourth-order valence-corrected chi connectivity index (χ4v) is 2.30. The number of hydrogen-bond acceptors (Lipinski definition) is 3. The maximum atomic E-state index is 12.3. The van der Waals surface area contributed by atoms with Crippen LogP contribution < -0.4 is 10.6 Å². The Morgan fingerprint density at radius 1 is 1.37 bits per heavy atom. The van der Waals surface area contributed by atoms with Gasteiger partial charge in [0.15, 0.2) is 0 Å². The number of ether oxygens (including phenoxy) is 1. The van der Waals surface area contributed by atoms with E-state index in [9.17, 15) is 4.79 Å². The first-order valence-corrected chi connectivity index (χ1v) is 6.94. The fourth-order valence-electron chi connectivity index (χ4n) is 2.30. The molecule has 1 aromatic rings. The molecule has 1 aromatic carbocycles. The summed E-state index contributed by atoms with van der Waals surface area (Å²) in [5.74, 6) is 0.00264. The third kappa shape index (κ3) is 3.70. The highest BCUT2D eigenvalue weighted by Crippen LogP contribution is 2.18. The van der Waals surface area contributed by atoms with Crippen molar-refractivity contribution in [3.63, 3.8) is 0 Å². The monoisotopic (exact) mass is 262 g/mol. The SMILES string of the molecule is CCNc1cc(C)ccc1C(=O)NC1CCOCC1. The van der Waals surface area contributed by atoms with Gasteiger partial charge in [-0.25, -0.2) is 0 Å². The normalized spacial score (nSPS) is 16.1. The minimum absolute atomic E-state index is 0.00264. The Hall–Kier alpha value is -1.55. The predicted octanol–water partition coefficient (Wildman–Crippen LogP) is 2.34. The summed E-state index contributed by atoms with van der Waals surface area (Å²) in [6, 6.07) is 6.11. The van der Waals surface area contributed by atoms with Crippen LogP contribution >= 0.6 is 0 Å². The van der Waals surface area contributed by atoms with Crippen LogP contribution in [-0.4, -0.2) is 31.7 Å². The maximum Gasteiger partial charge on any atom is 0.253 e. The molecule has 0 aromatic heterocycles. The van der Waals surface area contributed by atoms with Crippen LogP contribution in [0.1, 0.15) is 35.7 Å². The van der Waals surface area contributed by atoms with Gasteiger partial charge in [-0.15, -0.1) is 0 Å². The Labute approximate surface area is 114 Å². The summed E-state index contributed by atoms with van der Waals surface area (Å²) in [5, 5.41) is 6.34. The number of carbonyl (C=O) groups is 1. The fraction of sp³-hybridized carbons (Fsp3) is 0.533. The summed E-state index contributed by atoms with van der Waals surface area (Å²) in [6.45, 7) is 6.34. The van der Waals surface area contributed by atoms with Gasteiger partial charge in [0.05, 0.1) is 5.56 Å². The van der Waals surface area contributed by atoms with Crippen molar-refractivity contribution in [3.8, 4) is 0 Å². The van der Waals surface area contributed by atoms with E-state index in [2.05, 4.69) is 10.6 Å². The second kappa shape index (κ2) is 6.57. The van der Waals surface area contributed by atoms with Crippen molar-refractivity contribution in [2.24, 2.45) is 0 Å². The van der Waals surface area contributed by atoms with Gasteiger partial charge in [-0.1, -0.05) is 6.07 Å². The van der Waals surface area contributed by atoms with Crippen LogP contribution in [-0.2, 0) is 4.74 Å². The Morgan fingerprint density at radius 3 is 2.79 bits per heavy atom. The highest BCUT2D eigenvalue weighted by Gasteiger charge is 2.18. The van der Waals surface area contributed by atoms with Gasteiger partial charge in [-0.05, 0) is 44.4 Å². The number of carbonyl (C=O) groups excluding carboxylic acids is 1. The Bertz CT molecular complexity index is 440. The molecule has 1 saturated heterocycles. The first-order chi connectivity index (χ1) is 9.20. The molecule has 2 N–H and O–H groups in total. The average Bonchev–Trinajstić information content (AvgIpc) is 2.40. The Kier molecular flexibility index (Phi) is 4.80. The van der Waals surface area contributed by atoms with Gasteiger partial charge in [0.2, 0.25) is 0 Å². The molecule has 0 unspecified atom stereocenters. The van der Waals surface area contributed by atoms with Crippen LogP contribution in [0.4, 0.5) is 5.69 Å². The zero-order chi connectivity index (χ0) is 13.7. The Balaban J connectivity index is 2.08. The molecule has 1 heterocycles. The topological polar surface area (TPSA) is 50.4 Å². The van der Waals surface area contributed by atoms with Gasteiger partial charge in [0.1, 0.15) is 0 Å². The number of aryl methyl sites for hydroxylation is 1. The Morgan fingerprint density at radius 2 is 2.11 bits per heavy atom. The molecule has 2 rings (SSSR count). The van der Waals surface area contributed by atoms with Crippen LogP contribution in [0.3, 0.4) is 0 Å². The highest BCUT2D eigenvalue weighted by atomic mass is 16.5. The zero-order valence-electron chi connectivity index (χ0n) is 11.7. The number of benzene rings is 1. The lowest BCUT2D eigenvalue weighted by Crippen LogP contribution is -2.39. The molecule has 104 valence electrons. The molecule has 4 nitrogen and oxygen atoms in total. The number of anilines is 1. The summed E-state index contributed by atoms with van der Waals surface area (Å²) in [5.41, 5.74) is 2.78. The van der Waals surface area contributed by atoms with Gasteiger partial charge in [0, 0.05) is 31.5 Å². The second-order valence-corrected chi connectivity index (χ2v) is 4.94. The lowest BCUT2D eigenvalue weighted by Gasteiger charge is -2.23. The summed E-state index contributed by atoms with van der Waals surface area (Å²) in [6.07, 6.45) is 1.79. The molecule has 4 heteroatoms. The van der Waals surface area contributed by atoms with Crippen LogP contribution in [0, 0.1) is 6.92 Å². The van der Waals surface area contributed by atoms with Crippen molar-refractivity contribution in [2.45, 2.75) is 32.7 Å². The molecule has 1 fully saturated rings.